The van der Waals surface area contributed by atoms with Crippen molar-refractivity contribution in [2.45, 2.75) is 57.8 Å². The highest BCUT2D eigenvalue weighted by Gasteiger charge is 2.48. The van der Waals surface area contributed by atoms with Gasteiger partial charge in [-0.25, -0.2) is 9.97 Å². The summed E-state index contributed by atoms with van der Waals surface area (Å²) >= 11 is 0. The maximum absolute atomic E-state index is 12.8. The lowest BCUT2D eigenvalue weighted by Gasteiger charge is -2.39. The predicted molar refractivity (Wildman–Crippen MR) is 117 cm³/mol. The Hall–Kier alpha value is -2.67. The minimum absolute atomic E-state index is 0.0525. The number of amides is 1. The van der Waals surface area contributed by atoms with Crippen LogP contribution in [0.15, 0.2) is 18.7 Å². The van der Waals surface area contributed by atoms with Gasteiger partial charge in [0.05, 0.1) is 5.56 Å². The maximum atomic E-state index is 12.8. The van der Waals surface area contributed by atoms with Gasteiger partial charge < -0.3 is 19.7 Å². The van der Waals surface area contributed by atoms with E-state index >= 15 is 0 Å². The van der Waals surface area contributed by atoms with E-state index in [-0.39, 0.29) is 5.91 Å². The third-order valence-corrected chi connectivity index (χ3v) is 7.27. The monoisotopic (exact) mass is 422 g/mol. The van der Waals surface area contributed by atoms with Crippen molar-refractivity contribution in [3.63, 3.8) is 0 Å². The SMILES string of the molecule is Cc1c2c(c(-c3cncnc3)c3c1C(=O)NCC3)OC(C)([C@H]1CC[C@H](N(C)C)CC1)O2. The Morgan fingerprint density at radius 3 is 2.42 bits per heavy atom. The summed E-state index contributed by atoms with van der Waals surface area (Å²) in [5, 5.41) is 2.98. The van der Waals surface area contributed by atoms with Crippen LogP contribution in [0.4, 0.5) is 0 Å². The Labute approximate surface area is 183 Å². The second kappa shape index (κ2) is 7.48. The summed E-state index contributed by atoms with van der Waals surface area (Å²) in [7, 11) is 4.30. The van der Waals surface area contributed by atoms with Crippen molar-refractivity contribution in [2.75, 3.05) is 20.6 Å². The maximum Gasteiger partial charge on any atom is 0.252 e. The van der Waals surface area contributed by atoms with Crippen LogP contribution >= 0.6 is 0 Å². The predicted octanol–water partition coefficient (Wildman–Crippen LogP) is 3.35. The van der Waals surface area contributed by atoms with Crippen LogP contribution in [0.2, 0.25) is 0 Å². The van der Waals surface area contributed by atoms with Gasteiger partial charge in [0.15, 0.2) is 11.5 Å². The lowest BCUT2D eigenvalue weighted by Crippen LogP contribution is -2.46. The van der Waals surface area contributed by atoms with E-state index in [0.717, 1.165) is 60.1 Å². The molecule has 1 unspecified atom stereocenters. The number of hydrogen-bond acceptors (Lipinski definition) is 6. The van der Waals surface area contributed by atoms with E-state index in [1.807, 2.05) is 6.92 Å². The average Bonchev–Trinajstić information content (AvgIpc) is 3.13. The molecule has 1 amide bonds. The molecule has 1 saturated carbocycles. The third-order valence-electron chi connectivity index (χ3n) is 7.27. The average molecular weight is 423 g/mol. The minimum Gasteiger partial charge on any atom is -0.448 e. The van der Waals surface area contributed by atoms with Crippen molar-refractivity contribution in [1.82, 2.24) is 20.2 Å². The van der Waals surface area contributed by atoms with Crippen molar-refractivity contribution in [3.05, 3.63) is 35.4 Å². The Morgan fingerprint density at radius 1 is 1.06 bits per heavy atom. The molecule has 7 nitrogen and oxygen atoms in total. The molecular weight excluding hydrogens is 392 g/mol. The molecule has 0 saturated heterocycles. The summed E-state index contributed by atoms with van der Waals surface area (Å²) in [6.45, 7) is 4.63. The van der Waals surface area contributed by atoms with E-state index in [4.69, 9.17) is 9.47 Å². The molecule has 1 aliphatic carbocycles. The molecule has 1 N–H and O–H groups in total. The Bertz CT molecular complexity index is 1020. The quantitative estimate of drug-likeness (QED) is 0.818. The number of carbonyl (C=O) groups excluding carboxylic acids is 1. The summed E-state index contributed by atoms with van der Waals surface area (Å²) in [5.41, 5.74) is 4.31. The Kier molecular flexibility index (Phi) is 4.88. The fourth-order valence-electron chi connectivity index (χ4n) is 5.50. The largest absolute Gasteiger partial charge is 0.448 e. The highest BCUT2D eigenvalue weighted by atomic mass is 16.7. The highest BCUT2D eigenvalue weighted by Crippen LogP contribution is 2.54. The van der Waals surface area contributed by atoms with Gasteiger partial charge in [-0.15, -0.1) is 0 Å². The summed E-state index contributed by atoms with van der Waals surface area (Å²) in [6.07, 6.45) is 10.2. The molecule has 7 heteroatoms. The van der Waals surface area contributed by atoms with Gasteiger partial charge in [0.1, 0.15) is 6.33 Å². The van der Waals surface area contributed by atoms with Crippen LogP contribution in [0.25, 0.3) is 11.1 Å². The van der Waals surface area contributed by atoms with Crippen LogP contribution in [0.3, 0.4) is 0 Å². The zero-order chi connectivity index (χ0) is 21.8. The molecule has 164 valence electrons. The van der Waals surface area contributed by atoms with Gasteiger partial charge in [-0.05, 0) is 58.7 Å². The van der Waals surface area contributed by atoms with E-state index in [1.54, 1.807) is 12.4 Å². The van der Waals surface area contributed by atoms with Crippen molar-refractivity contribution < 1.29 is 14.3 Å². The van der Waals surface area contributed by atoms with Crippen molar-refractivity contribution in [1.29, 1.82) is 0 Å². The first-order chi connectivity index (χ1) is 14.9. The van der Waals surface area contributed by atoms with Crippen molar-refractivity contribution >= 4 is 5.91 Å². The number of ether oxygens (including phenoxy) is 2. The van der Waals surface area contributed by atoms with Gasteiger partial charge in [-0.1, -0.05) is 0 Å². The van der Waals surface area contributed by atoms with Crippen LogP contribution in [0, 0.1) is 12.8 Å². The fraction of sp³-hybridized carbons (Fsp3) is 0.542. The van der Waals surface area contributed by atoms with Crippen LogP contribution in [-0.2, 0) is 6.42 Å². The van der Waals surface area contributed by atoms with Gasteiger partial charge in [-0.2, -0.15) is 0 Å². The van der Waals surface area contributed by atoms with Crippen LogP contribution in [0.1, 0.15) is 54.1 Å². The van der Waals surface area contributed by atoms with Gasteiger partial charge in [0.2, 0.25) is 0 Å². The van der Waals surface area contributed by atoms with Gasteiger partial charge in [-0.3, -0.25) is 4.79 Å². The summed E-state index contributed by atoms with van der Waals surface area (Å²) in [5.74, 6) is 0.921. The molecule has 3 aliphatic rings. The molecule has 1 aromatic carbocycles. The molecule has 5 rings (SSSR count). The minimum atomic E-state index is -0.741. The molecular formula is C24H30N4O3. The molecule has 1 atom stereocenters. The van der Waals surface area contributed by atoms with E-state index in [0.29, 0.717) is 29.8 Å². The molecule has 1 aromatic heterocycles. The van der Waals surface area contributed by atoms with Crippen molar-refractivity contribution in [3.8, 4) is 22.6 Å². The topological polar surface area (TPSA) is 76.6 Å². The summed E-state index contributed by atoms with van der Waals surface area (Å²) < 4.78 is 13.3. The van der Waals surface area contributed by atoms with Crippen LogP contribution in [0.5, 0.6) is 11.5 Å². The molecule has 2 aromatic rings. The normalized spacial score (nSPS) is 27.2. The van der Waals surface area contributed by atoms with Crippen LogP contribution < -0.4 is 14.8 Å². The molecule has 1 fully saturated rings. The number of fused-ring (bicyclic) bond motifs is 2. The second-order valence-corrected chi connectivity index (χ2v) is 9.33. The highest BCUT2D eigenvalue weighted by molar-refractivity contribution is 6.02. The number of carbonyl (C=O) groups is 1. The second-order valence-electron chi connectivity index (χ2n) is 9.33. The van der Waals surface area contributed by atoms with Crippen LogP contribution in [-0.4, -0.2) is 53.2 Å². The third kappa shape index (κ3) is 3.26. The molecule has 0 radical (unpaired) electrons. The van der Waals surface area contributed by atoms with E-state index in [2.05, 4.69) is 41.2 Å². The number of rotatable bonds is 3. The smallest absolute Gasteiger partial charge is 0.252 e. The molecule has 0 spiro atoms. The lowest BCUT2D eigenvalue weighted by molar-refractivity contribution is -0.123. The van der Waals surface area contributed by atoms with E-state index < -0.39 is 5.79 Å². The zero-order valence-corrected chi connectivity index (χ0v) is 18.7. The number of nitrogens with zero attached hydrogens (tertiary/aromatic N) is 3. The summed E-state index contributed by atoms with van der Waals surface area (Å²) in [4.78, 5) is 23.6. The zero-order valence-electron chi connectivity index (χ0n) is 18.7. The molecule has 31 heavy (non-hydrogen) atoms. The first kappa shape index (κ1) is 20.2. The van der Waals surface area contributed by atoms with E-state index in [9.17, 15) is 4.79 Å². The van der Waals surface area contributed by atoms with Gasteiger partial charge in [0, 0.05) is 54.5 Å². The van der Waals surface area contributed by atoms with Crippen molar-refractivity contribution in [2.24, 2.45) is 5.92 Å². The Morgan fingerprint density at radius 2 is 1.74 bits per heavy atom. The first-order valence-corrected chi connectivity index (χ1v) is 11.2. The lowest BCUT2D eigenvalue weighted by atomic mass is 9.81. The Balaban J connectivity index is 1.58. The number of hydrogen-bond donors (Lipinski definition) is 1. The number of aromatic nitrogens is 2. The first-order valence-electron chi connectivity index (χ1n) is 11.2. The summed E-state index contributed by atoms with van der Waals surface area (Å²) in [6, 6.07) is 0.610. The number of nitrogens with one attached hydrogen (secondary N) is 1. The molecule has 0 bridgehead atoms. The van der Waals surface area contributed by atoms with Gasteiger partial charge in [0.25, 0.3) is 11.7 Å². The fourth-order valence-corrected chi connectivity index (χ4v) is 5.50. The molecule has 2 aliphatic heterocycles. The van der Waals surface area contributed by atoms with Gasteiger partial charge >= 0.3 is 0 Å². The molecule has 3 heterocycles. The standard InChI is InChI=1S/C24H30N4O3/c1-14-19-18(9-10-27-23(19)29)20(15-11-25-13-26-12-15)22-21(14)30-24(2,31-22)16-5-7-17(8-6-16)28(3)4/h11-13,16-17H,5-10H2,1-4H3,(H,27,29)/t16-,17-,24?. The van der Waals surface area contributed by atoms with E-state index in [1.165, 1.54) is 6.33 Å². The number of benzene rings is 1.